The number of nitrogens with zero attached hydrogens (tertiary/aromatic N) is 1. The lowest BCUT2D eigenvalue weighted by Gasteiger charge is -2.21. The normalized spacial score (nSPS) is 17.6. The highest BCUT2D eigenvalue weighted by Gasteiger charge is 2.32. The highest BCUT2D eigenvalue weighted by atomic mass is 79.9. The lowest BCUT2D eigenvalue weighted by molar-refractivity contribution is -0.132. The third-order valence-electron chi connectivity index (χ3n) is 4.24. The summed E-state index contributed by atoms with van der Waals surface area (Å²) in [7, 11) is 0. The van der Waals surface area contributed by atoms with Crippen molar-refractivity contribution in [2.24, 2.45) is 0 Å². The van der Waals surface area contributed by atoms with Gasteiger partial charge in [-0.15, -0.1) is 0 Å². The van der Waals surface area contributed by atoms with Gasteiger partial charge in [-0.2, -0.15) is 13.2 Å². The molecule has 0 spiro atoms. The highest BCUT2D eigenvalue weighted by molar-refractivity contribution is 9.10. The van der Waals surface area contributed by atoms with Crippen molar-refractivity contribution in [1.29, 1.82) is 5.41 Å². The molecule has 1 aliphatic rings. The number of halogens is 4. The first-order valence-electron chi connectivity index (χ1n) is 7.41. The van der Waals surface area contributed by atoms with Gasteiger partial charge in [-0.1, -0.05) is 41.1 Å². The van der Waals surface area contributed by atoms with Crippen LogP contribution in [0.15, 0.2) is 34.8 Å². The van der Waals surface area contributed by atoms with Gasteiger partial charge >= 0.3 is 6.18 Å². The molecule has 0 radical (unpaired) electrons. The SMILES string of the molecule is CC1CN(C(=N)CCC(F)(F)F)c2ccc3c(Br)cccc3c21. The quantitative estimate of drug-likeness (QED) is 0.510. The minimum absolute atomic E-state index is 0.0299. The van der Waals surface area contributed by atoms with Gasteiger partial charge in [-0.3, -0.25) is 5.41 Å². The Bertz CT molecular complexity index is 770. The summed E-state index contributed by atoms with van der Waals surface area (Å²) in [6, 6.07) is 9.82. The Morgan fingerprint density at radius 1 is 1.26 bits per heavy atom. The largest absolute Gasteiger partial charge is 0.389 e. The molecule has 1 aliphatic heterocycles. The summed E-state index contributed by atoms with van der Waals surface area (Å²) in [5.41, 5.74) is 1.97. The lowest BCUT2D eigenvalue weighted by Crippen LogP contribution is -2.29. The Labute approximate surface area is 140 Å². The van der Waals surface area contributed by atoms with Crippen molar-refractivity contribution in [3.8, 4) is 0 Å². The Kier molecular flexibility index (Phi) is 4.12. The molecule has 2 nitrogen and oxygen atoms in total. The van der Waals surface area contributed by atoms with E-state index in [9.17, 15) is 13.2 Å². The van der Waals surface area contributed by atoms with E-state index < -0.39 is 12.6 Å². The predicted octanol–water partition coefficient (Wildman–Crippen LogP) is 5.85. The predicted molar refractivity (Wildman–Crippen MR) is 90.4 cm³/mol. The van der Waals surface area contributed by atoms with Gasteiger partial charge in [0.05, 0.1) is 6.42 Å². The molecule has 0 fully saturated rings. The number of benzene rings is 2. The molecule has 6 heteroatoms. The molecule has 0 aromatic heterocycles. The Morgan fingerprint density at radius 2 is 2.00 bits per heavy atom. The second kappa shape index (κ2) is 5.82. The van der Waals surface area contributed by atoms with Gasteiger partial charge in [-0.25, -0.2) is 0 Å². The smallest absolute Gasteiger partial charge is 0.329 e. The molecule has 3 rings (SSSR count). The average molecular weight is 385 g/mol. The molecule has 1 unspecified atom stereocenters. The van der Waals surface area contributed by atoms with Gasteiger partial charge in [0.2, 0.25) is 0 Å². The molecule has 1 N–H and O–H groups in total. The summed E-state index contributed by atoms with van der Waals surface area (Å²) in [6.45, 7) is 2.61. The van der Waals surface area contributed by atoms with Crippen molar-refractivity contribution in [2.75, 3.05) is 11.4 Å². The monoisotopic (exact) mass is 384 g/mol. The molecule has 0 bridgehead atoms. The van der Waals surface area contributed by atoms with Crippen LogP contribution in [-0.4, -0.2) is 18.6 Å². The van der Waals surface area contributed by atoms with Gasteiger partial charge in [0.15, 0.2) is 0 Å². The van der Waals surface area contributed by atoms with Crippen molar-refractivity contribution in [1.82, 2.24) is 0 Å². The standard InChI is InChI=1S/C17H16BrF3N2/c1-10-9-23(15(22)7-8-17(19,20)21)14-6-5-11-12(16(10)14)3-2-4-13(11)18/h2-6,10,22H,7-9H2,1H3. The van der Waals surface area contributed by atoms with Gasteiger partial charge in [0.25, 0.3) is 0 Å². The van der Waals surface area contributed by atoms with Crippen LogP contribution in [0, 0.1) is 5.41 Å². The number of amidine groups is 1. The minimum Gasteiger partial charge on any atom is -0.329 e. The summed E-state index contributed by atoms with van der Waals surface area (Å²) < 4.78 is 38.2. The van der Waals surface area contributed by atoms with E-state index in [2.05, 4.69) is 22.9 Å². The molecule has 1 atom stereocenters. The Balaban J connectivity index is 1.97. The molecule has 0 saturated carbocycles. The number of nitrogens with one attached hydrogen (secondary N) is 1. The van der Waals surface area contributed by atoms with E-state index >= 15 is 0 Å². The van der Waals surface area contributed by atoms with Crippen LogP contribution in [0.1, 0.15) is 31.2 Å². The summed E-state index contributed by atoms with van der Waals surface area (Å²) >= 11 is 3.53. The maximum atomic E-state index is 12.4. The maximum Gasteiger partial charge on any atom is 0.389 e. The van der Waals surface area contributed by atoms with E-state index in [1.807, 2.05) is 30.3 Å². The summed E-state index contributed by atoms with van der Waals surface area (Å²) in [5.74, 6) is 0.205. The number of alkyl halides is 3. The third kappa shape index (κ3) is 3.09. The average Bonchev–Trinajstić information content (AvgIpc) is 2.82. The zero-order valence-electron chi connectivity index (χ0n) is 12.5. The zero-order chi connectivity index (χ0) is 16.8. The van der Waals surface area contributed by atoms with Gasteiger partial charge in [-0.05, 0) is 28.5 Å². The van der Waals surface area contributed by atoms with Crippen LogP contribution < -0.4 is 4.90 Å². The van der Waals surface area contributed by atoms with Crippen LogP contribution in [0.5, 0.6) is 0 Å². The van der Waals surface area contributed by atoms with E-state index in [-0.39, 0.29) is 18.2 Å². The maximum absolute atomic E-state index is 12.4. The van der Waals surface area contributed by atoms with Gasteiger partial charge < -0.3 is 4.90 Å². The lowest BCUT2D eigenvalue weighted by atomic mass is 9.96. The molecular weight excluding hydrogens is 369 g/mol. The molecule has 2 aromatic rings. The van der Waals surface area contributed by atoms with E-state index in [1.165, 1.54) is 0 Å². The van der Waals surface area contributed by atoms with Crippen molar-refractivity contribution < 1.29 is 13.2 Å². The fraction of sp³-hybridized carbons (Fsp3) is 0.353. The first-order chi connectivity index (χ1) is 10.8. The summed E-state index contributed by atoms with van der Waals surface area (Å²) in [6.07, 6.45) is -5.47. The van der Waals surface area contributed by atoms with Crippen molar-refractivity contribution in [3.05, 3.63) is 40.4 Å². The van der Waals surface area contributed by atoms with E-state index in [4.69, 9.17) is 5.41 Å². The Hall–Kier alpha value is -1.56. The van der Waals surface area contributed by atoms with Crippen LogP contribution in [0.4, 0.5) is 18.9 Å². The first kappa shape index (κ1) is 16.3. The second-order valence-electron chi connectivity index (χ2n) is 5.91. The molecule has 23 heavy (non-hydrogen) atoms. The highest BCUT2D eigenvalue weighted by Crippen LogP contribution is 2.42. The zero-order valence-corrected chi connectivity index (χ0v) is 14.1. The fourth-order valence-corrected chi connectivity index (χ4v) is 3.70. The van der Waals surface area contributed by atoms with Crippen molar-refractivity contribution in [2.45, 2.75) is 31.9 Å². The second-order valence-corrected chi connectivity index (χ2v) is 6.76. The van der Waals surface area contributed by atoms with Crippen LogP contribution >= 0.6 is 15.9 Å². The van der Waals surface area contributed by atoms with E-state index in [0.717, 1.165) is 26.5 Å². The van der Waals surface area contributed by atoms with Crippen LogP contribution in [0.2, 0.25) is 0 Å². The number of hydrogen-bond donors (Lipinski definition) is 1. The molecule has 0 aliphatic carbocycles. The van der Waals surface area contributed by atoms with Crippen LogP contribution in [-0.2, 0) is 0 Å². The molecule has 0 saturated heterocycles. The van der Waals surface area contributed by atoms with E-state index in [1.54, 1.807) is 4.90 Å². The minimum atomic E-state index is -4.23. The van der Waals surface area contributed by atoms with Gasteiger partial charge in [0, 0.05) is 29.0 Å². The Morgan fingerprint density at radius 3 is 2.70 bits per heavy atom. The molecular formula is C17H16BrF3N2. The first-order valence-corrected chi connectivity index (χ1v) is 8.20. The molecule has 122 valence electrons. The number of rotatable bonds is 2. The van der Waals surface area contributed by atoms with Gasteiger partial charge in [0.1, 0.15) is 5.84 Å². The number of anilines is 1. The number of hydrogen-bond acceptors (Lipinski definition) is 1. The van der Waals surface area contributed by atoms with E-state index in [0.29, 0.717) is 6.54 Å². The van der Waals surface area contributed by atoms with Crippen LogP contribution in [0.25, 0.3) is 10.8 Å². The third-order valence-corrected chi connectivity index (χ3v) is 4.93. The topological polar surface area (TPSA) is 27.1 Å². The fourth-order valence-electron chi connectivity index (χ4n) is 3.20. The molecule has 1 heterocycles. The van der Waals surface area contributed by atoms with Crippen LogP contribution in [0.3, 0.4) is 0 Å². The molecule has 2 aromatic carbocycles. The summed E-state index contributed by atoms with van der Waals surface area (Å²) in [5, 5.41) is 10.2. The summed E-state index contributed by atoms with van der Waals surface area (Å²) in [4.78, 5) is 1.71. The molecule has 0 amide bonds. The number of fused-ring (bicyclic) bond motifs is 3. The van der Waals surface area contributed by atoms with Crippen molar-refractivity contribution in [3.63, 3.8) is 0 Å². The van der Waals surface area contributed by atoms with Crippen molar-refractivity contribution >= 4 is 38.2 Å².